The minimum atomic E-state index is 0.245. The Balaban J connectivity index is 3.42. The van der Waals surface area contributed by atoms with Crippen molar-refractivity contribution in [3.63, 3.8) is 0 Å². The highest BCUT2D eigenvalue weighted by Crippen LogP contribution is 2.30. The van der Waals surface area contributed by atoms with Gasteiger partial charge in [0, 0.05) is 11.3 Å². The van der Waals surface area contributed by atoms with Crippen molar-refractivity contribution < 1.29 is 0 Å². The van der Waals surface area contributed by atoms with E-state index in [1.807, 2.05) is 0 Å². The van der Waals surface area contributed by atoms with Gasteiger partial charge in [-0.1, -0.05) is 17.7 Å². The molecule has 0 heterocycles. The summed E-state index contributed by atoms with van der Waals surface area (Å²) in [6.45, 7) is 8.51. The molecule has 0 aliphatic rings. The van der Waals surface area contributed by atoms with E-state index in [4.69, 9.17) is 5.14 Å². The summed E-state index contributed by atoms with van der Waals surface area (Å²) in [4.78, 5) is 0. The highest BCUT2D eigenvalue weighted by atomic mass is 33.1. The van der Waals surface area contributed by atoms with Gasteiger partial charge in [-0.15, -0.1) is 0 Å². The van der Waals surface area contributed by atoms with E-state index in [-0.39, 0.29) is 4.75 Å². The smallest absolute Gasteiger partial charge is 0.0344 e. The zero-order valence-corrected chi connectivity index (χ0v) is 8.44. The molecule has 0 unspecified atom stereocenters. The predicted molar refractivity (Wildman–Crippen MR) is 52.0 cm³/mol. The van der Waals surface area contributed by atoms with E-state index in [1.165, 1.54) is 11.0 Å². The first-order valence-electron chi connectivity index (χ1n) is 3.37. The van der Waals surface area contributed by atoms with Crippen LogP contribution in [0, 0.1) is 0 Å². The van der Waals surface area contributed by atoms with Crippen LogP contribution in [0.25, 0.3) is 0 Å². The largest absolute Gasteiger partial charge is 0.316 e. The van der Waals surface area contributed by atoms with Crippen LogP contribution in [-0.4, -0.2) is 17.8 Å². The van der Waals surface area contributed by atoms with Gasteiger partial charge in [-0.3, -0.25) is 5.14 Å². The summed E-state index contributed by atoms with van der Waals surface area (Å²) in [5.41, 5.74) is 0. The molecule has 3 N–H and O–H groups in total. The first kappa shape index (κ1) is 10.6. The second kappa shape index (κ2) is 5.29. The Hall–Kier alpha value is 0.620. The fourth-order valence-corrected chi connectivity index (χ4v) is 1.97. The Labute approximate surface area is 71.2 Å². The molecule has 0 atom stereocenters. The predicted octanol–water partition coefficient (Wildman–Crippen LogP) is 1.63. The van der Waals surface area contributed by atoms with Crippen LogP contribution in [0.3, 0.4) is 0 Å². The number of nitrogens with one attached hydrogen (secondary N) is 1. The van der Waals surface area contributed by atoms with Gasteiger partial charge < -0.3 is 5.32 Å². The number of hydrogen-bond donors (Lipinski definition) is 2. The number of rotatable bonds is 5. The van der Waals surface area contributed by atoms with Crippen molar-refractivity contribution in [2.24, 2.45) is 5.14 Å². The second-order valence-electron chi connectivity index (χ2n) is 2.72. The summed E-state index contributed by atoms with van der Waals surface area (Å²) in [7, 11) is 3.04. The summed E-state index contributed by atoms with van der Waals surface area (Å²) in [5.74, 6) is 0. The monoisotopic (exact) mass is 180 g/mol. The summed E-state index contributed by atoms with van der Waals surface area (Å²) in [6.07, 6.45) is 0. The van der Waals surface area contributed by atoms with E-state index >= 15 is 0 Å². The van der Waals surface area contributed by atoms with Crippen LogP contribution in [-0.2, 0) is 0 Å². The molecule has 0 radical (unpaired) electrons. The molecule has 0 rings (SSSR count). The molecule has 0 bridgehead atoms. The van der Waals surface area contributed by atoms with Gasteiger partial charge in [-0.2, -0.15) is 0 Å². The minimum Gasteiger partial charge on any atom is -0.316 e. The van der Waals surface area contributed by atoms with Gasteiger partial charge in [0.05, 0.1) is 0 Å². The topological polar surface area (TPSA) is 38.0 Å². The van der Waals surface area contributed by atoms with Gasteiger partial charge in [-0.25, -0.2) is 0 Å². The van der Waals surface area contributed by atoms with Crippen LogP contribution >= 0.6 is 21.8 Å². The third-order valence-corrected chi connectivity index (χ3v) is 3.41. The Bertz CT molecular complexity index is 85.8. The molecular weight excluding hydrogens is 164 g/mol. The fraction of sp³-hybridized carbons (Fsp3) is 1.00. The Morgan fingerprint density at radius 2 is 2.10 bits per heavy atom. The van der Waals surface area contributed by atoms with Gasteiger partial charge in [-0.05, 0) is 31.4 Å². The molecule has 0 aliphatic carbocycles. The van der Waals surface area contributed by atoms with E-state index in [0.29, 0.717) is 0 Å². The summed E-state index contributed by atoms with van der Waals surface area (Å²) in [5, 5.41) is 8.62. The lowest BCUT2D eigenvalue weighted by atomic mass is 10.2. The van der Waals surface area contributed by atoms with E-state index in [1.54, 1.807) is 10.8 Å². The van der Waals surface area contributed by atoms with Crippen molar-refractivity contribution in [1.29, 1.82) is 0 Å². The molecule has 0 saturated heterocycles. The third kappa shape index (κ3) is 5.41. The molecule has 0 saturated carbocycles. The highest BCUT2D eigenvalue weighted by molar-refractivity contribution is 8.76. The molecule has 0 aromatic heterocycles. The maximum absolute atomic E-state index is 5.34. The van der Waals surface area contributed by atoms with E-state index in [2.05, 4.69) is 26.1 Å². The quantitative estimate of drug-likeness (QED) is 0.498. The molecule has 10 heavy (non-hydrogen) atoms. The van der Waals surface area contributed by atoms with Gasteiger partial charge in [0.15, 0.2) is 0 Å². The zero-order valence-electron chi connectivity index (χ0n) is 6.81. The first-order chi connectivity index (χ1) is 4.62. The van der Waals surface area contributed by atoms with E-state index in [0.717, 1.165) is 13.1 Å². The maximum Gasteiger partial charge on any atom is 0.0344 e. The second-order valence-corrected chi connectivity index (χ2v) is 5.26. The van der Waals surface area contributed by atoms with Crippen molar-refractivity contribution in [3.05, 3.63) is 0 Å². The van der Waals surface area contributed by atoms with E-state index < -0.39 is 0 Å². The van der Waals surface area contributed by atoms with Crippen molar-refractivity contribution >= 4 is 21.8 Å². The minimum absolute atomic E-state index is 0.245. The Morgan fingerprint density at radius 1 is 1.50 bits per heavy atom. The lowest BCUT2D eigenvalue weighted by Gasteiger charge is -2.21. The lowest BCUT2D eigenvalue weighted by molar-refractivity contribution is 0.610. The van der Waals surface area contributed by atoms with Crippen LogP contribution in [0.15, 0.2) is 0 Å². The Kier molecular flexibility index (Phi) is 5.62. The van der Waals surface area contributed by atoms with Crippen molar-refractivity contribution in [1.82, 2.24) is 5.32 Å². The number of hydrogen-bond acceptors (Lipinski definition) is 4. The summed E-state index contributed by atoms with van der Waals surface area (Å²) < 4.78 is 0.245. The van der Waals surface area contributed by atoms with Gasteiger partial charge >= 0.3 is 0 Å². The molecular formula is C6H16N2S2. The molecule has 4 heteroatoms. The van der Waals surface area contributed by atoms with Crippen LogP contribution in [0.4, 0.5) is 0 Å². The van der Waals surface area contributed by atoms with E-state index in [9.17, 15) is 0 Å². The molecule has 0 spiro atoms. The van der Waals surface area contributed by atoms with Crippen LogP contribution < -0.4 is 10.5 Å². The van der Waals surface area contributed by atoms with Crippen LogP contribution in [0.5, 0.6) is 0 Å². The summed E-state index contributed by atoms with van der Waals surface area (Å²) in [6, 6.07) is 0. The van der Waals surface area contributed by atoms with Crippen molar-refractivity contribution in [2.75, 3.05) is 13.1 Å². The molecule has 0 aromatic rings. The molecule has 2 nitrogen and oxygen atoms in total. The maximum atomic E-state index is 5.34. The SMILES string of the molecule is CCNCC(C)(C)SSN. The fourth-order valence-electron chi connectivity index (χ4n) is 0.586. The first-order valence-corrected chi connectivity index (χ1v) is 5.59. The lowest BCUT2D eigenvalue weighted by Crippen LogP contribution is -2.31. The van der Waals surface area contributed by atoms with Crippen molar-refractivity contribution in [3.8, 4) is 0 Å². The number of nitrogens with two attached hydrogens (primary N) is 1. The van der Waals surface area contributed by atoms with Crippen LogP contribution in [0.2, 0.25) is 0 Å². The normalized spacial score (nSPS) is 12.0. The molecule has 0 fully saturated rings. The summed E-state index contributed by atoms with van der Waals surface area (Å²) >= 11 is 0. The Morgan fingerprint density at radius 3 is 2.50 bits per heavy atom. The average Bonchev–Trinajstić information content (AvgIpc) is 1.84. The molecule has 0 amide bonds. The molecule has 0 aromatic carbocycles. The standard InChI is InChI=1S/C6H16N2S2/c1-4-8-5-6(2,3)9-10-7/h8H,4-5,7H2,1-3H3. The van der Waals surface area contributed by atoms with Gasteiger partial charge in [0.1, 0.15) is 0 Å². The average molecular weight is 180 g/mol. The zero-order chi connectivity index (χ0) is 8.04. The molecule has 62 valence electrons. The van der Waals surface area contributed by atoms with Crippen molar-refractivity contribution in [2.45, 2.75) is 25.5 Å². The van der Waals surface area contributed by atoms with Crippen LogP contribution in [0.1, 0.15) is 20.8 Å². The third-order valence-electron chi connectivity index (χ3n) is 1.07. The molecule has 0 aliphatic heterocycles. The van der Waals surface area contributed by atoms with Gasteiger partial charge in [0.2, 0.25) is 0 Å². The highest BCUT2D eigenvalue weighted by Gasteiger charge is 2.16. The van der Waals surface area contributed by atoms with Gasteiger partial charge in [0.25, 0.3) is 0 Å².